The fourth-order valence-corrected chi connectivity index (χ4v) is 4.30. The summed E-state index contributed by atoms with van der Waals surface area (Å²) < 4.78 is 10.6. The lowest BCUT2D eigenvalue weighted by atomic mass is 9.97. The second-order valence-corrected chi connectivity index (χ2v) is 8.18. The van der Waals surface area contributed by atoms with E-state index in [-0.39, 0.29) is 5.56 Å². The Kier molecular flexibility index (Phi) is 6.01. The van der Waals surface area contributed by atoms with E-state index in [1.165, 1.54) is 0 Å². The number of H-pyrrole nitrogens is 1. The molecule has 0 saturated heterocycles. The van der Waals surface area contributed by atoms with Crippen LogP contribution in [0.5, 0.6) is 5.75 Å². The van der Waals surface area contributed by atoms with E-state index in [0.717, 1.165) is 44.8 Å². The lowest BCUT2D eigenvalue weighted by molar-refractivity contribution is 0.157. The van der Waals surface area contributed by atoms with Crippen LogP contribution in [0.1, 0.15) is 23.7 Å². The van der Waals surface area contributed by atoms with Gasteiger partial charge >= 0.3 is 6.09 Å². The Morgan fingerprint density at radius 1 is 1.09 bits per heavy atom. The molecule has 1 aromatic heterocycles. The highest BCUT2D eigenvalue weighted by Gasteiger charge is 2.19. The van der Waals surface area contributed by atoms with E-state index in [1.54, 1.807) is 20.1 Å². The molecule has 8 nitrogen and oxygen atoms in total. The number of hydrogen-bond acceptors (Lipinski definition) is 6. The van der Waals surface area contributed by atoms with Crippen LogP contribution in [0.3, 0.4) is 0 Å². The van der Waals surface area contributed by atoms with E-state index in [4.69, 9.17) is 9.47 Å². The van der Waals surface area contributed by atoms with Crippen LogP contribution in [-0.4, -0.2) is 35.8 Å². The molecular weight excluding hydrogens is 444 g/mol. The third-order valence-electron chi connectivity index (χ3n) is 5.94. The standard InChI is InChI=1S/C27H24N4O4/c1-3-35-27(33)29-25-15-18-10-9-17(14-22(18)28-25)21-12-16(8-11-24(21)34-2)13-23-19-6-4-5-7-20(19)26(32)31-30-23/h4-12,14H,3,13,15H2,1-2H3,(H,31,32)(H,28,29,33). The SMILES string of the molecule is CCOC(=O)NC1=Nc2cc(-c3cc(Cc4n[nH]c(=O)c5ccccc45)ccc3OC)ccc2C1. The zero-order valence-corrected chi connectivity index (χ0v) is 19.4. The Labute approximate surface area is 201 Å². The van der Waals surface area contributed by atoms with E-state index in [2.05, 4.69) is 26.6 Å². The average molecular weight is 469 g/mol. The van der Waals surface area contributed by atoms with Gasteiger partial charge in [0.15, 0.2) is 0 Å². The topological polar surface area (TPSA) is 106 Å². The van der Waals surface area contributed by atoms with Crippen LogP contribution < -0.4 is 15.6 Å². The smallest absolute Gasteiger partial charge is 0.412 e. The van der Waals surface area contributed by atoms with Crippen molar-refractivity contribution in [3.05, 3.63) is 87.8 Å². The predicted molar refractivity (Wildman–Crippen MR) is 135 cm³/mol. The third-order valence-corrected chi connectivity index (χ3v) is 5.94. The third kappa shape index (κ3) is 4.50. The Bertz CT molecular complexity index is 1520. The van der Waals surface area contributed by atoms with Crippen molar-refractivity contribution in [1.82, 2.24) is 15.5 Å². The second-order valence-electron chi connectivity index (χ2n) is 8.18. The first-order valence-electron chi connectivity index (χ1n) is 11.3. The van der Waals surface area contributed by atoms with Gasteiger partial charge in [0.25, 0.3) is 5.56 Å². The lowest BCUT2D eigenvalue weighted by Crippen LogP contribution is -2.30. The lowest BCUT2D eigenvalue weighted by Gasteiger charge is -2.12. The number of alkyl carbamates (subject to hydrolysis) is 1. The number of carbonyl (C=O) groups excluding carboxylic acids is 1. The minimum Gasteiger partial charge on any atom is -0.496 e. The number of aromatic amines is 1. The summed E-state index contributed by atoms with van der Waals surface area (Å²) in [6.45, 7) is 2.06. The Hall–Kier alpha value is -4.46. The average Bonchev–Trinajstić information content (AvgIpc) is 3.27. The van der Waals surface area contributed by atoms with E-state index < -0.39 is 6.09 Å². The zero-order chi connectivity index (χ0) is 24.4. The number of fused-ring (bicyclic) bond motifs is 2. The number of rotatable bonds is 5. The van der Waals surface area contributed by atoms with Gasteiger partial charge in [-0.3, -0.25) is 10.1 Å². The van der Waals surface area contributed by atoms with E-state index in [9.17, 15) is 9.59 Å². The van der Waals surface area contributed by atoms with Gasteiger partial charge in [0.1, 0.15) is 11.6 Å². The van der Waals surface area contributed by atoms with Crippen LogP contribution in [0.15, 0.2) is 70.5 Å². The summed E-state index contributed by atoms with van der Waals surface area (Å²) in [4.78, 5) is 28.5. The monoisotopic (exact) mass is 468 g/mol. The summed E-state index contributed by atoms with van der Waals surface area (Å²) in [5.41, 5.74) is 5.32. The molecule has 0 bridgehead atoms. The van der Waals surface area contributed by atoms with E-state index >= 15 is 0 Å². The number of nitrogens with zero attached hydrogens (tertiary/aromatic N) is 2. The van der Waals surface area contributed by atoms with E-state index in [0.29, 0.717) is 30.7 Å². The molecule has 0 unspecified atom stereocenters. The number of aliphatic imine (C=N–C) groups is 1. The number of benzene rings is 3. The first kappa shape index (κ1) is 22.3. The highest BCUT2D eigenvalue weighted by molar-refractivity contribution is 6.01. The normalized spacial score (nSPS) is 12.2. The molecule has 1 amide bonds. The van der Waals surface area contributed by atoms with Crippen molar-refractivity contribution in [1.29, 1.82) is 0 Å². The molecule has 2 heterocycles. The van der Waals surface area contributed by atoms with Crippen LogP contribution in [-0.2, 0) is 17.6 Å². The fourth-order valence-electron chi connectivity index (χ4n) is 4.30. The molecule has 0 fully saturated rings. The number of methoxy groups -OCH3 is 1. The van der Waals surface area contributed by atoms with Gasteiger partial charge in [-0.25, -0.2) is 14.9 Å². The van der Waals surface area contributed by atoms with Crippen LogP contribution in [0.25, 0.3) is 21.9 Å². The maximum absolute atomic E-state index is 12.1. The molecule has 4 aromatic rings. The Morgan fingerprint density at radius 3 is 2.71 bits per heavy atom. The molecule has 8 heteroatoms. The first-order valence-corrected chi connectivity index (χ1v) is 11.3. The molecule has 176 valence electrons. The van der Waals surface area contributed by atoms with Crippen molar-refractivity contribution in [2.24, 2.45) is 4.99 Å². The minimum absolute atomic E-state index is 0.199. The minimum atomic E-state index is -0.503. The van der Waals surface area contributed by atoms with Crippen molar-refractivity contribution in [3.8, 4) is 16.9 Å². The predicted octanol–water partition coefficient (Wildman–Crippen LogP) is 4.52. The molecule has 0 radical (unpaired) electrons. The molecule has 1 aliphatic heterocycles. The number of aromatic nitrogens is 2. The van der Waals surface area contributed by atoms with Gasteiger partial charge in [0.05, 0.1) is 30.5 Å². The molecule has 35 heavy (non-hydrogen) atoms. The van der Waals surface area contributed by atoms with Crippen molar-refractivity contribution in [2.45, 2.75) is 19.8 Å². The molecular formula is C27H24N4O4. The Balaban J connectivity index is 1.47. The largest absolute Gasteiger partial charge is 0.496 e. The maximum atomic E-state index is 12.1. The number of nitrogens with one attached hydrogen (secondary N) is 2. The van der Waals surface area contributed by atoms with Crippen LogP contribution in [0.2, 0.25) is 0 Å². The van der Waals surface area contributed by atoms with Crippen LogP contribution in [0.4, 0.5) is 10.5 Å². The molecule has 5 rings (SSSR count). The van der Waals surface area contributed by atoms with Crippen LogP contribution in [0, 0.1) is 0 Å². The molecule has 1 aliphatic rings. The summed E-state index contributed by atoms with van der Waals surface area (Å²) in [7, 11) is 1.64. The van der Waals surface area contributed by atoms with Crippen molar-refractivity contribution in [2.75, 3.05) is 13.7 Å². The summed E-state index contributed by atoms with van der Waals surface area (Å²) >= 11 is 0. The van der Waals surface area contributed by atoms with Gasteiger partial charge in [-0.05, 0) is 47.9 Å². The zero-order valence-electron chi connectivity index (χ0n) is 19.4. The maximum Gasteiger partial charge on any atom is 0.412 e. The van der Waals surface area contributed by atoms with Gasteiger partial charge in [0.2, 0.25) is 0 Å². The van der Waals surface area contributed by atoms with Gasteiger partial charge < -0.3 is 9.47 Å². The number of ether oxygens (including phenoxy) is 2. The molecule has 0 spiro atoms. The summed E-state index contributed by atoms with van der Waals surface area (Å²) in [5.74, 6) is 1.30. The molecule has 0 saturated carbocycles. The molecule has 0 aliphatic carbocycles. The summed E-state index contributed by atoms with van der Waals surface area (Å²) in [6, 6.07) is 19.5. The summed E-state index contributed by atoms with van der Waals surface area (Å²) in [5, 5.41) is 11.1. The highest BCUT2D eigenvalue weighted by atomic mass is 16.5. The number of amidine groups is 1. The van der Waals surface area contributed by atoms with Gasteiger partial charge in [-0.1, -0.05) is 36.4 Å². The van der Waals surface area contributed by atoms with Gasteiger partial charge in [0, 0.05) is 23.8 Å². The van der Waals surface area contributed by atoms with Crippen molar-refractivity contribution < 1.29 is 14.3 Å². The van der Waals surface area contributed by atoms with Gasteiger partial charge in [-0.15, -0.1) is 0 Å². The molecule has 2 N–H and O–H groups in total. The van der Waals surface area contributed by atoms with Crippen LogP contribution >= 0.6 is 0 Å². The number of hydrogen-bond donors (Lipinski definition) is 2. The molecule has 0 atom stereocenters. The quantitative estimate of drug-likeness (QED) is 0.448. The summed E-state index contributed by atoms with van der Waals surface area (Å²) in [6.07, 6.45) is 0.582. The second kappa shape index (κ2) is 9.42. The Morgan fingerprint density at radius 2 is 1.91 bits per heavy atom. The first-order chi connectivity index (χ1) is 17.1. The fraction of sp³-hybridized carbons (Fsp3) is 0.185. The number of carbonyl (C=O) groups is 1. The highest BCUT2D eigenvalue weighted by Crippen LogP contribution is 2.36. The van der Waals surface area contributed by atoms with E-state index in [1.807, 2.05) is 48.5 Å². The number of amides is 1. The molecule has 3 aromatic carbocycles. The van der Waals surface area contributed by atoms with Crippen molar-refractivity contribution >= 4 is 28.4 Å². The van der Waals surface area contributed by atoms with Crippen molar-refractivity contribution in [3.63, 3.8) is 0 Å². The van der Waals surface area contributed by atoms with Gasteiger partial charge in [-0.2, -0.15) is 5.10 Å².